The lowest BCUT2D eigenvalue weighted by Crippen LogP contribution is -2.44. The number of carbonyl (C=O) groups is 1. The summed E-state index contributed by atoms with van der Waals surface area (Å²) in [5, 5.41) is -0.577. The van der Waals surface area contributed by atoms with E-state index in [0.29, 0.717) is 19.4 Å². The summed E-state index contributed by atoms with van der Waals surface area (Å²) >= 11 is 0. The molecule has 0 aromatic rings. The summed E-state index contributed by atoms with van der Waals surface area (Å²) in [5.74, 6) is -0.855. The van der Waals surface area contributed by atoms with Gasteiger partial charge in [-0.3, -0.25) is 4.79 Å². The Hall–Kier alpha value is -0.620. The summed E-state index contributed by atoms with van der Waals surface area (Å²) in [6, 6.07) is 0.115. The van der Waals surface area contributed by atoms with Gasteiger partial charge in [0.25, 0.3) is 0 Å². The lowest BCUT2D eigenvalue weighted by atomic mass is 10.1. The van der Waals surface area contributed by atoms with Crippen molar-refractivity contribution in [3.05, 3.63) is 0 Å². The molecule has 1 aliphatic carbocycles. The first-order valence-corrected chi connectivity index (χ1v) is 8.61. The highest BCUT2D eigenvalue weighted by Gasteiger charge is 2.47. The molecule has 0 bridgehead atoms. The minimum Gasteiger partial charge on any atom is -0.469 e. The van der Waals surface area contributed by atoms with Crippen LogP contribution >= 0.6 is 0 Å². The SMILES string of the molecule is CCC1CCCN1S(=O)(=O)C1CCCC1C(=O)OC. The van der Waals surface area contributed by atoms with Gasteiger partial charge in [0.05, 0.1) is 18.3 Å². The number of ether oxygens (including phenoxy) is 1. The molecule has 3 unspecified atom stereocenters. The normalized spacial score (nSPS) is 32.6. The molecule has 2 aliphatic rings. The number of methoxy groups -OCH3 is 1. The number of nitrogens with zero attached hydrogens (tertiary/aromatic N) is 1. The Kier molecular flexibility index (Phi) is 4.50. The van der Waals surface area contributed by atoms with Gasteiger partial charge in [0.1, 0.15) is 0 Å². The number of sulfonamides is 1. The number of rotatable bonds is 4. The van der Waals surface area contributed by atoms with Gasteiger partial charge in [-0.05, 0) is 32.1 Å². The first-order chi connectivity index (χ1) is 9.02. The number of carbonyl (C=O) groups excluding carboxylic acids is 1. The third-order valence-electron chi connectivity index (χ3n) is 4.46. The third-order valence-corrected chi connectivity index (χ3v) is 6.92. The van der Waals surface area contributed by atoms with Crippen LogP contribution in [0.2, 0.25) is 0 Å². The van der Waals surface area contributed by atoms with Crippen molar-refractivity contribution in [1.82, 2.24) is 4.31 Å². The van der Waals surface area contributed by atoms with Gasteiger partial charge in [0.2, 0.25) is 10.0 Å². The third kappa shape index (κ3) is 2.65. The Labute approximate surface area is 115 Å². The van der Waals surface area contributed by atoms with E-state index in [9.17, 15) is 13.2 Å². The van der Waals surface area contributed by atoms with E-state index >= 15 is 0 Å². The van der Waals surface area contributed by atoms with Gasteiger partial charge in [-0.15, -0.1) is 0 Å². The highest BCUT2D eigenvalue weighted by atomic mass is 32.2. The van der Waals surface area contributed by atoms with Crippen LogP contribution in [0.15, 0.2) is 0 Å². The van der Waals surface area contributed by atoms with Crippen LogP contribution in [-0.2, 0) is 19.6 Å². The molecule has 3 atom stereocenters. The first-order valence-electron chi connectivity index (χ1n) is 7.10. The first kappa shape index (κ1) is 14.8. The zero-order chi connectivity index (χ0) is 14.0. The molecule has 110 valence electrons. The molecule has 1 saturated heterocycles. The average molecular weight is 289 g/mol. The van der Waals surface area contributed by atoms with Crippen molar-refractivity contribution in [1.29, 1.82) is 0 Å². The number of hydrogen-bond acceptors (Lipinski definition) is 4. The molecule has 0 N–H and O–H groups in total. The van der Waals surface area contributed by atoms with Crippen LogP contribution in [0, 0.1) is 5.92 Å². The van der Waals surface area contributed by atoms with E-state index in [2.05, 4.69) is 0 Å². The Morgan fingerprint density at radius 2 is 2.00 bits per heavy atom. The second kappa shape index (κ2) is 5.79. The topological polar surface area (TPSA) is 63.7 Å². The molecule has 2 rings (SSSR count). The van der Waals surface area contributed by atoms with Gasteiger partial charge in [-0.1, -0.05) is 13.3 Å². The quantitative estimate of drug-likeness (QED) is 0.736. The van der Waals surface area contributed by atoms with Crippen molar-refractivity contribution in [2.24, 2.45) is 5.92 Å². The van der Waals surface area contributed by atoms with Crippen LogP contribution in [0.5, 0.6) is 0 Å². The Balaban J connectivity index is 2.21. The van der Waals surface area contributed by atoms with Crippen molar-refractivity contribution < 1.29 is 17.9 Å². The molecule has 6 heteroatoms. The highest BCUT2D eigenvalue weighted by Crippen LogP contribution is 2.36. The summed E-state index contributed by atoms with van der Waals surface area (Å²) in [4.78, 5) is 11.7. The maximum absolute atomic E-state index is 12.8. The van der Waals surface area contributed by atoms with E-state index in [1.54, 1.807) is 4.31 Å². The molecule has 0 spiro atoms. The van der Waals surface area contributed by atoms with E-state index in [1.165, 1.54) is 7.11 Å². The molecule has 19 heavy (non-hydrogen) atoms. The fraction of sp³-hybridized carbons (Fsp3) is 0.923. The largest absolute Gasteiger partial charge is 0.469 e. The molecule has 1 heterocycles. The molecule has 5 nitrogen and oxygen atoms in total. The molecular formula is C13H23NO4S. The summed E-state index contributed by atoms with van der Waals surface area (Å²) in [6.07, 6.45) is 4.69. The Bertz CT molecular complexity index is 434. The van der Waals surface area contributed by atoms with E-state index in [4.69, 9.17) is 4.74 Å². The zero-order valence-corrected chi connectivity index (χ0v) is 12.5. The zero-order valence-electron chi connectivity index (χ0n) is 11.7. The van der Waals surface area contributed by atoms with E-state index in [1.807, 2.05) is 6.92 Å². The maximum atomic E-state index is 12.8. The summed E-state index contributed by atoms with van der Waals surface area (Å²) in [6.45, 7) is 2.62. The van der Waals surface area contributed by atoms with E-state index in [-0.39, 0.29) is 12.0 Å². The molecule has 1 aliphatic heterocycles. The van der Waals surface area contributed by atoms with Gasteiger partial charge in [-0.2, -0.15) is 4.31 Å². The molecule has 2 fully saturated rings. The van der Waals surface area contributed by atoms with Gasteiger partial charge in [0, 0.05) is 12.6 Å². The number of esters is 1. The molecule has 0 radical (unpaired) electrons. The second-order valence-corrected chi connectivity index (χ2v) is 7.56. The van der Waals surface area contributed by atoms with Crippen molar-refractivity contribution in [2.45, 2.75) is 56.7 Å². The van der Waals surface area contributed by atoms with Crippen molar-refractivity contribution >= 4 is 16.0 Å². The fourth-order valence-corrected chi connectivity index (χ4v) is 5.96. The van der Waals surface area contributed by atoms with Crippen molar-refractivity contribution in [2.75, 3.05) is 13.7 Å². The average Bonchev–Trinajstić information content (AvgIpc) is 3.06. The molecule has 1 saturated carbocycles. The molecular weight excluding hydrogens is 266 g/mol. The summed E-state index contributed by atoms with van der Waals surface area (Å²) in [5.41, 5.74) is 0. The van der Waals surface area contributed by atoms with Crippen LogP contribution in [-0.4, -0.2) is 43.6 Å². The molecule has 0 aromatic heterocycles. The predicted molar refractivity (Wildman–Crippen MR) is 72.1 cm³/mol. The van der Waals surface area contributed by atoms with Crippen LogP contribution in [0.25, 0.3) is 0 Å². The molecule has 0 aromatic carbocycles. The van der Waals surface area contributed by atoms with Crippen LogP contribution in [0.3, 0.4) is 0 Å². The van der Waals surface area contributed by atoms with Gasteiger partial charge >= 0.3 is 5.97 Å². The van der Waals surface area contributed by atoms with Crippen LogP contribution < -0.4 is 0 Å². The fourth-order valence-electron chi connectivity index (χ4n) is 3.43. The van der Waals surface area contributed by atoms with Gasteiger partial charge < -0.3 is 4.74 Å². The predicted octanol–water partition coefficient (Wildman–Crippen LogP) is 1.53. The van der Waals surface area contributed by atoms with Crippen LogP contribution in [0.4, 0.5) is 0 Å². The Morgan fingerprint density at radius 3 is 2.63 bits per heavy atom. The minimum absolute atomic E-state index is 0.115. The summed E-state index contributed by atoms with van der Waals surface area (Å²) in [7, 11) is -2.04. The second-order valence-electron chi connectivity index (χ2n) is 5.46. The lowest BCUT2D eigenvalue weighted by Gasteiger charge is -2.28. The standard InChI is InChI=1S/C13H23NO4S/c1-3-10-6-5-9-14(10)19(16,17)12-8-4-7-11(12)13(15)18-2/h10-12H,3-9H2,1-2H3. The van der Waals surface area contributed by atoms with E-state index < -0.39 is 21.2 Å². The van der Waals surface area contributed by atoms with Gasteiger partial charge in [-0.25, -0.2) is 8.42 Å². The van der Waals surface area contributed by atoms with Gasteiger partial charge in [0.15, 0.2) is 0 Å². The maximum Gasteiger partial charge on any atom is 0.310 e. The van der Waals surface area contributed by atoms with Crippen LogP contribution in [0.1, 0.15) is 45.4 Å². The lowest BCUT2D eigenvalue weighted by molar-refractivity contribution is -0.145. The Morgan fingerprint density at radius 1 is 1.26 bits per heavy atom. The highest BCUT2D eigenvalue weighted by molar-refractivity contribution is 7.89. The minimum atomic E-state index is -3.37. The molecule has 0 amide bonds. The van der Waals surface area contributed by atoms with Crippen molar-refractivity contribution in [3.63, 3.8) is 0 Å². The van der Waals surface area contributed by atoms with E-state index in [0.717, 1.165) is 25.7 Å². The van der Waals surface area contributed by atoms with Crippen molar-refractivity contribution in [3.8, 4) is 0 Å². The smallest absolute Gasteiger partial charge is 0.310 e. The monoisotopic (exact) mass is 289 g/mol. The number of hydrogen-bond donors (Lipinski definition) is 0. The summed E-state index contributed by atoms with van der Waals surface area (Å²) < 4.78 is 31.9.